The minimum atomic E-state index is -4.16. The van der Waals surface area contributed by atoms with E-state index in [2.05, 4.69) is 6.92 Å². The Morgan fingerprint density at radius 2 is 1.64 bits per heavy atom. The summed E-state index contributed by atoms with van der Waals surface area (Å²) in [4.78, 5) is 0. The Bertz CT molecular complexity index is 117. The Kier molecular flexibility index (Phi) is 3.39. The fourth-order valence-electron chi connectivity index (χ4n) is 0.998. The summed E-state index contributed by atoms with van der Waals surface area (Å²) in [5.74, 6) is 0. The van der Waals surface area contributed by atoms with Gasteiger partial charge in [-0.1, -0.05) is 20.3 Å². The molecular weight excluding hydrogens is 153 g/mol. The summed E-state index contributed by atoms with van der Waals surface area (Å²) >= 11 is 0. The zero-order chi connectivity index (χ0) is 9.12. The number of halogens is 3. The maximum absolute atomic E-state index is 12.2. The Balaban J connectivity index is 4.33. The van der Waals surface area contributed by atoms with Gasteiger partial charge in [0.2, 0.25) is 0 Å². The van der Waals surface area contributed by atoms with Crippen LogP contribution in [-0.4, -0.2) is 6.18 Å². The normalized spacial score (nSPS) is 18.0. The molecule has 11 heavy (non-hydrogen) atoms. The van der Waals surface area contributed by atoms with Crippen LogP contribution in [0.15, 0.2) is 0 Å². The average Bonchev–Trinajstić information content (AvgIpc) is 1.86. The van der Waals surface area contributed by atoms with Gasteiger partial charge < -0.3 is 0 Å². The van der Waals surface area contributed by atoms with Crippen LogP contribution in [0.5, 0.6) is 0 Å². The van der Waals surface area contributed by atoms with E-state index < -0.39 is 11.6 Å². The van der Waals surface area contributed by atoms with Crippen LogP contribution in [0.25, 0.3) is 0 Å². The smallest absolute Gasteiger partial charge is 0.171 e. The lowest BCUT2D eigenvalue weighted by atomic mass is 9.82. The van der Waals surface area contributed by atoms with Gasteiger partial charge in [-0.05, 0) is 19.8 Å². The summed E-state index contributed by atoms with van der Waals surface area (Å²) in [6, 6.07) is 0. The second kappa shape index (κ2) is 3.46. The maximum Gasteiger partial charge on any atom is 0.394 e. The molecule has 0 rings (SSSR count). The van der Waals surface area contributed by atoms with Crippen LogP contribution >= 0.6 is 0 Å². The molecule has 0 aromatic carbocycles. The Hall–Kier alpha value is -0.210. The van der Waals surface area contributed by atoms with Crippen LogP contribution in [0.3, 0.4) is 0 Å². The van der Waals surface area contributed by atoms with Crippen molar-refractivity contribution in [1.82, 2.24) is 0 Å². The van der Waals surface area contributed by atoms with Crippen LogP contribution in [0.2, 0.25) is 0 Å². The minimum absolute atomic E-state index is 0.0599. The summed E-state index contributed by atoms with van der Waals surface area (Å²) in [6.45, 7) is 6.49. The van der Waals surface area contributed by atoms with Gasteiger partial charge in [-0.3, -0.25) is 0 Å². The van der Waals surface area contributed by atoms with Crippen molar-refractivity contribution in [2.75, 3.05) is 0 Å². The van der Waals surface area contributed by atoms with Crippen molar-refractivity contribution in [1.29, 1.82) is 0 Å². The van der Waals surface area contributed by atoms with E-state index >= 15 is 0 Å². The molecule has 1 atom stereocenters. The van der Waals surface area contributed by atoms with Crippen molar-refractivity contribution >= 4 is 0 Å². The molecule has 0 N–H and O–H groups in total. The molecule has 67 valence electrons. The average molecular weight is 167 g/mol. The Labute approximate surface area is 65.8 Å². The third-order valence-electron chi connectivity index (χ3n) is 2.01. The molecule has 0 spiro atoms. The molecule has 0 bridgehead atoms. The quantitative estimate of drug-likeness (QED) is 0.602. The molecule has 0 heterocycles. The van der Waals surface area contributed by atoms with Crippen molar-refractivity contribution in [2.24, 2.45) is 5.41 Å². The molecule has 0 aliphatic heterocycles. The van der Waals surface area contributed by atoms with E-state index in [1.165, 1.54) is 6.92 Å². The zero-order valence-electron chi connectivity index (χ0n) is 6.96. The molecule has 0 nitrogen and oxygen atoms in total. The second-order valence-corrected chi connectivity index (χ2v) is 2.88. The number of alkyl halides is 3. The van der Waals surface area contributed by atoms with Gasteiger partial charge in [-0.2, -0.15) is 13.2 Å². The van der Waals surface area contributed by atoms with Gasteiger partial charge >= 0.3 is 6.18 Å². The first-order valence-electron chi connectivity index (χ1n) is 3.79. The molecule has 0 aromatic heterocycles. The molecule has 1 unspecified atom stereocenters. The SMILES string of the molecule is [CH2]C(CC)(CCC)C(F)(F)F. The van der Waals surface area contributed by atoms with Crippen molar-refractivity contribution in [3.8, 4) is 0 Å². The largest absolute Gasteiger partial charge is 0.394 e. The molecule has 3 heteroatoms. The number of hydrogen-bond donors (Lipinski definition) is 0. The van der Waals surface area contributed by atoms with E-state index in [1.54, 1.807) is 6.92 Å². The maximum atomic E-state index is 12.2. The van der Waals surface area contributed by atoms with Gasteiger partial charge in [0, 0.05) is 0 Å². The monoisotopic (exact) mass is 167 g/mol. The highest BCUT2D eigenvalue weighted by atomic mass is 19.4. The van der Waals surface area contributed by atoms with Crippen molar-refractivity contribution in [2.45, 2.75) is 39.3 Å². The van der Waals surface area contributed by atoms with Gasteiger partial charge in [0.1, 0.15) is 0 Å². The van der Waals surface area contributed by atoms with Crippen LogP contribution in [0.1, 0.15) is 33.1 Å². The van der Waals surface area contributed by atoms with E-state index in [0.29, 0.717) is 6.42 Å². The minimum Gasteiger partial charge on any atom is -0.171 e. The summed E-state index contributed by atoms with van der Waals surface area (Å²) in [7, 11) is 0. The molecule has 0 amide bonds. The first kappa shape index (κ1) is 10.8. The van der Waals surface area contributed by atoms with Gasteiger partial charge in [0.25, 0.3) is 0 Å². The lowest BCUT2D eigenvalue weighted by Gasteiger charge is -2.30. The van der Waals surface area contributed by atoms with E-state index in [-0.39, 0.29) is 12.8 Å². The predicted octanol–water partition coefficient (Wildman–Crippen LogP) is 3.58. The standard InChI is InChI=1S/C8H14F3/c1-4-6-7(3,5-2)8(9,10)11/h3-6H2,1-2H3. The predicted molar refractivity (Wildman–Crippen MR) is 39.0 cm³/mol. The third kappa shape index (κ3) is 2.38. The van der Waals surface area contributed by atoms with Crippen LogP contribution in [0.4, 0.5) is 13.2 Å². The van der Waals surface area contributed by atoms with E-state index in [4.69, 9.17) is 0 Å². The van der Waals surface area contributed by atoms with Crippen molar-refractivity contribution in [3.05, 3.63) is 6.92 Å². The molecule has 0 aromatic rings. The molecule has 0 aliphatic carbocycles. The third-order valence-corrected chi connectivity index (χ3v) is 2.01. The molecule has 0 aliphatic rings. The van der Waals surface area contributed by atoms with Crippen LogP contribution in [-0.2, 0) is 0 Å². The number of hydrogen-bond acceptors (Lipinski definition) is 0. The zero-order valence-corrected chi connectivity index (χ0v) is 6.96. The van der Waals surface area contributed by atoms with Gasteiger partial charge in [-0.15, -0.1) is 0 Å². The molecular formula is C8H14F3. The lowest BCUT2D eigenvalue weighted by Crippen LogP contribution is -2.34. The molecule has 0 fully saturated rings. The van der Waals surface area contributed by atoms with Crippen molar-refractivity contribution < 1.29 is 13.2 Å². The highest BCUT2D eigenvalue weighted by molar-refractivity contribution is 4.87. The fourth-order valence-corrected chi connectivity index (χ4v) is 0.998. The first-order chi connectivity index (χ1) is 4.87. The van der Waals surface area contributed by atoms with E-state index in [9.17, 15) is 13.2 Å². The summed E-state index contributed by atoms with van der Waals surface area (Å²) in [5.41, 5.74) is -1.72. The highest BCUT2D eigenvalue weighted by Gasteiger charge is 2.48. The first-order valence-corrected chi connectivity index (χ1v) is 3.79. The molecule has 0 saturated heterocycles. The van der Waals surface area contributed by atoms with Gasteiger partial charge in [0.05, 0.1) is 5.41 Å². The summed E-state index contributed by atoms with van der Waals surface area (Å²) in [6.07, 6.45) is -3.45. The van der Waals surface area contributed by atoms with Gasteiger partial charge in [-0.25, -0.2) is 0 Å². The topological polar surface area (TPSA) is 0 Å². The van der Waals surface area contributed by atoms with Crippen LogP contribution < -0.4 is 0 Å². The fraction of sp³-hybridized carbons (Fsp3) is 0.875. The molecule has 0 saturated carbocycles. The van der Waals surface area contributed by atoms with Crippen LogP contribution in [0, 0.1) is 12.3 Å². The second-order valence-electron chi connectivity index (χ2n) is 2.88. The van der Waals surface area contributed by atoms with E-state index in [1.807, 2.05) is 0 Å². The lowest BCUT2D eigenvalue weighted by molar-refractivity contribution is -0.210. The number of rotatable bonds is 3. The van der Waals surface area contributed by atoms with Gasteiger partial charge in [0.15, 0.2) is 0 Å². The summed E-state index contributed by atoms with van der Waals surface area (Å²) in [5, 5.41) is 0. The van der Waals surface area contributed by atoms with E-state index in [0.717, 1.165) is 0 Å². The highest BCUT2D eigenvalue weighted by Crippen LogP contribution is 2.43. The molecule has 1 radical (unpaired) electrons. The van der Waals surface area contributed by atoms with Crippen molar-refractivity contribution in [3.63, 3.8) is 0 Å². The Morgan fingerprint density at radius 1 is 1.18 bits per heavy atom. The summed E-state index contributed by atoms with van der Waals surface area (Å²) < 4.78 is 36.7. The Morgan fingerprint density at radius 3 is 1.73 bits per heavy atom.